The summed E-state index contributed by atoms with van der Waals surface area (Å²) in [6.45, 7) is 4.65. The highest BCUT2D eigenvalue weighted by atomic mass is 79.9. The van der Waals surface area contributed by atoms with Crippen LogP contribution in [0.3, 0.4) is 0 Å². The molecule has 2 rings (SSSR count). The molecule has 0 bridgehead atoms. The Kier molecular flexibility index (Phi) is 4.62. The Morgan fingerprint density at radius 2 is 2.39 bits per heavy atom. The molecule has 1 unspecified atom stereocenters. The van der Waals surface area contributed by atoms with Crippen LogP contribution < -0.4 is 4.90 Å². The van der Waals surface area contributed by atoms with Gasteiger partial charge in [0.15, 0.2) is 0 Å². The van der Waals surface area contributed by atoms with E-state index in [1.807, 2.05) is 25.1 Å². The van der Waals surface area contributed by atoms with Gasteiger partial charge >= 0.3 is 0 Å². The summed E-state index contributed by atoms with van der Waals surface area (Å²) in [6, 6.07) is 8.06. The number of rotatable bonds is 3. The van der Waals surface area contributed by atoms with Gasteiger partial charge in [-0.15, -0.1) is 0 Å². The molecule has 1 aromatic rings. The zero-order valence-electron chi connectivity index (χ0n) is 10.5. The first-order chi connectivity index (χ1) is 8.74. The molecule has 18 heavy (non-hydrogen) atoms. The van der Waals surface area contributed by atoms with Crippen LogP contribution in [0.2, 0.25) is 0 Å². The third kappa shape index (κ3) is 3.04. The van der Waals surface area contributed by atoms with E-state index in [2.05, 4.69) is 26.9 Å². The van der Waals surface area contributed by atoms with Crippen molar-refractivity contribution in [1.82, 2.24) is 0 Å². The minimum Gasteiger partial charge on any atom is -0.377 e. The van der Waals surface area contributed by atoms with Gasteiger partial charge in [-0.1, -0.05) is 15.9 Å². The van der Waals surface area contributed by atoms with Crippen LogP contribution in [0.4, 0.5) is 5.69 Å². The van der Waals surface area contributed by atoms with Gasteiger partial charge in [0.05, 0.1) is 17.4 Å². The molecular weight excluding hydrogens is 292 g/mol. The van der Waals surface area contributed by atoms with Crippen molar-refractivity contribution in [2.45, 2.75) is 25.9 Å². The molecule has 0 amide bonds. The van der Waals surface area contributed by atoms with Gasteiger partial charge < -0.3 is 9.64 Å². The topological polar surface area (TPSA) is 36.3 Å². The van der Waals surface area contributed by atoms with E-state index in [9.17, 15) is 5.26 Å². The Hall–Kier alpha value is -1.05. The van der Waals surface area contributed by atoms with Crippen molar-refractivity contribution in [2.24, 2.45) is 0 Å². The lowest BCUT2D eigenvalue weighted by atomic mass is 10.1. The molecule has 1 aliphatic rings. The van der Waals surface area contributed by atoms with E-state index in [1.165, 1.54) is 0 Å². The predicted octanol–water partition coefficient (Wildman–Crippen LogP) is 3.33. The Morgan fingerprint density at radius 1 is 1.56 bits per heavy atom. The highest BCUT2D eigenvalue weighted by Gasteiger charge is 2.22. The number of hydrogen-bond acceptors (Lipinski definition) is 3. The van der Waals surface area contributed by atoms with E-state index in [-0.39, 0.29) is 6.10 Å². The molecule has 96 valence electrons. The van der Waals surface area contributed by atoms with Crippen LogP contribution in [-0.4, -0.2) is 25.8 Å². The van der Waals surface area contributed by atoms with Gasteiger partial charge in [-0.2, -0.15) is 5.26 Å². The standard InChI is InChI=1S/C14H17BrN2O/c1-2-18-13-4-3-7-17(10-13)14-8-12(15)6-5-11(14)9-16/h5-6,8,13H,2-4,7,10H2,1H3. The molecule has 0 N–H and O–H groups in total. The van der Waals surface area contributed by atoms with Crippen LogP contribution in [0, 0.1) is 11.3 Å². The number of piperidine rings is 1. The minimum atomic E-state index is 0.286. The van der Waals surface area contributed by atoms with Crippen LogP contribution in [0.1, 0.15) is 25.3 Å². The summed E-state index contributed by atoms with van der Waals surface area (Å²) < 4.78 is 6.71. The molecule has 3 nitrogen and oxygen atoms in total. The van der Waals surface area contributed by atoms with Gasteiger partial charge in [-0.25, -0.2) is 0 Å². The van der Waals surface area contributed by atoms with Crippen LogP contribution in [0.5, 0.6) is 0 Å². The van der Waals surface area contributed by atoms with Gasteiger partial charge in [0.2, 0.25) is 0 Å². The summed E-state index contributed by atoms with van der Waals surface area (Å²) in [7, 11) is 0. The third-order valence-corrected chi connectivity index (χ3v) is 3.69. The SMILES string of the molecule is CCOC1CCCN(c2cc(Br)ccc2C#N)C1. The number of halogens is 1. The molecule has 1 aliphatic heterocycles. The summed E-state index contributed by atoms with van der Waals surface area (Å²) >= 11 is 3.47. The molecule has 0 spiro atoms. The number of ether oxygens (including phenoxy) is 1. The molecule has 1 atom stereocenters. The molecule has 1 saturated heterocycles. The zero-order valence-corrected chi connectivity index (χ0v) is 12.1. The third-order valence-electron chi connectivity index (χ3n) is 3.20. The molecule has 1 fully saturated rings. The van der Waals surface area contributed by atoms with Crippen LogP contribution >= 0.6 is 15.9 Å². The van der Waals surface area contributed by atoms with E-state index < -0.39 is 0 Å². The summed E-state index contributed by atoms with van der Waals surface area (Å²) in [5.74, 6) is 0. The van der Waals surface area contributed by atoms with Gasteiger partial charge in [-0.05, 0) is 38.0 Å². The lowest BCUT2D eigenvalue weighted by molar-refractivity contribution is 0.0526. The lowest BCUT2D eigenvalue weighted by Crippen LogP contribution is -2.40. The van der Waals surface area contributed by atoms with Crippen molar-refractivity contribution in [3.63, 3.8) is 0 Å². The fraction of sp³-hybridized carbons (Fsp3) is 0.500. The Labute approximate surface area is 116 Å². The fourth-order valence-electron chi connectivity index (χ4n) is 2.39. The number of hydrogen-bond donors (Lipinski definition) is 0. The predicted molar refractivity (Wildman–Crippen MR) is 75.7 cm³/mol. The van der Waals surface area contributed by atoms with E-state index in [0.29, 0.717) is 0 Å². The number of nitriles is 1. The molecule has 0 saturated carbocycles. The Balaban J connectivity index is 2.20. The van der Waals surface area contributed by atoms with Crippen LogP contribution in [-0.2, 0) is 4.74 Å². The summed E-state index contributed by atoms with van der Waals surface area (Å²) in [6.07, 6.45) is 2.51. The van der Waals surface area contributed by atoms with Crippen molar-refractivity contribution in [3.05, 3.63) is 28.2 Å². The van der Waals surface area contributed by atoms with Crippen molar-refractivity contribution in [2.75, 3.05) is 24.6 Å². The van der Waals surface area contributed by atoms with Crippen LogP contribution in [0.25, 0.3) is 0 Å². The molecule has 0 aromatic heterocycles. The first kappa shape index (κ1) is 13.4. The second kappa shape index (κ2) is 6.21. The summed E-state index contributed by atoms with van der Waals surface area (Å²) in [4.78, 5) is 2.26. The Bertz CT molecular complexity index is 454. The van der Waals surface area contributed by atoms with E-state index in [4.69, 9.17) is 4.74 Å². The highest BCUT2D eigenvalue weighted by molar-refractivity contribution is 9.10. The maximum atomic E-state index is 9.19. The quantitative estimate of drug-likeness (QED) is 0.859. The number of anilines is 1. The fourth-order valence-corrected chi connectivity index (χ4v) is 2.74. The average molecular weight is 309 g/mol. The minimum absolute atomic E-state index is 0.286. The van der Waals surface area contributed by atoms with E-state index >= 15 is 0 Å². The Morgan fingerprint density at radius 3 is 3.11 bits per heavy atom. The normalized spacial score (nSPS) is 19.6. The van der Waals surface area contributed by atoms with E-state index in [1.54, 1.807) is 0 Å². The second-order valence-corrected chi connectivity index (χ2v) is 5.35. The monoisotopic (exact) mass is 308 g/mol. The maximum absolute atomic E-state index is 9.19. The van der Waals surface area contributed by atoms with Gasteiger partial charge in [0.25, 0.3) is 0 Å². The van der Waals surface area contributed by atoms with Crippen molar-refractivity contribution >= 4 is 21.6 Å². The largest absolute Gasteiger partial charge is 0.377 e. The average Bonchev–Trinajstić information content (AvgIpc) is 2.39. The molecule has 0 radical (unpaired) electrons. The van der Waals surface area contributed by atoms with Gasteiger partial charge in [-0.3, -0.25) is 0 Å². The zero-order chi connectivity index (χ0) is 13.0. The van der Waals surface area contributed by atoms with Crippen molar-refractivity contribution in [1.29, 1.82) is 5.26 Å². The van der Waals surface area contributed by atoms with Crippen molar-refractivity contribution in [3.8, 4) is 6.07 Å². The molecule has 1 aromatic carbocycles. The lowest BCUT2D eigenvalue weighted by Gasteiger charge is -2.34. The first-order valence-electron chi connectivity index (χ1n) is 6.30. The molecule has 1 heterocycles. The summed E-state index contributed by atoms with van der Waals surface area (Å²) in [5.41, 5.74) is 1.74. The molecule has 4 heteroatoms. The number of benzene rings is 1. The number of nitrogens with zero attached hydrogens (tertiary/aromatic N) is 2. The van der Waals surface area contributed by atoms with Gasteiger partial charge in [0, 0.05) is 24.2 Å². The second-order valence-electron chi connectivity index (χ2n) is 4.44. The molecule has 0 aliphatic carbocycles. The van der Waals surface area contributed by atoms with Crippen molar-refractivity contribution < 1.29 is 4.74 Å². The summed E-state index contributed by atoms with van der Waals surface area (Å²) in [5, 5.41) is 9.19. The van der Waals surface area contributed by atoms with Crippen LogP contribution in [0.15, 0.2) is 22.7 Å². The molecular formula is C14H17BrN2O. The highest BCUT2D eigenvalue weighted by Crippen LogP contribution is 2.27. The first-order valence-corrected chi connectivity index (χ1v) is 7.10. The smallest absolute Gasteiger partial charge is 0.101 e. The van der Waals surface area contributed by atoms with E-state index in [0.717, 1.165) is 48.3 Å². The van der Waals surface area contributed by atoms with Gasteiger partial charge in [0.1, 0.15) is 6.07 Å². The maximum Gasteiger partial charge on any atom is 0.101 e.